The van der Waals surface area contributed by atoms with Crippen molar-refractivity contribution in [3.8, 4) is 0 Å². The fourth-order valence-corrected chi connectivity index (χ4v) is 3.01. The third-order valence-corrected chi connectivity index (χ3v) is 4.75. The summed E-state index contributed by atoms with van der Waals surface area (Å²) in [6.07, 6.45) is 0.712. The van der Waals surface area contributed by atoms with E-state index in [0.717, 1.165) is 0 Å². The van der Waals surface area contributed by atoms with Gasteiger partial charge in [-0.2, -0.15) is 0 Å². The number of carbonyl (C=O) groups is 1. The van der Waals surface area contributed by atoms with Gasteiger partial charge in [0.15, 0.2) is 0 Å². The lowest BCUT2D eigenvalue weighted by Gasteiger charge is -2.35. The predicted molar refractivity (Wildman–Crippen MR) is 61.2 cm³/mol. The van der Waals surface area contributed by atoms with Gasteiger partial charge in [-0.25, -0.2) is 0 Å². The van der Waals surface area contributed by atoms with Gasteiger partial charge in [0.25, 0.3) is 0 Å². The molecule has 2 N–H and O–H groups in total. The highest BCUT2D eigenvalue weighted by Crippen LogP contribution is 2.52. The number of hydrogen-bond donors (Lipinski definition) is 2. The summed E-state index contributed by atoms with van der Waals surface area (Å²) in [4.78, 5) is 30.3. The van der Waals surface area contributed by atoms with Crippen molar-refractivity contribution in [2.24, 2.45) is 5.41 Å². The van der Waals surface area contributed by atoms with E-state index in [2.05, 4.69) is 0 Å². The van der Waals surface area contributed by atoms with Crippen molar-refractivity contribution >= 4 is 13.6 Å². The molecule has 0 saturated carbocycles. The molecule has 0 bridgehead atoms. The number of rotatable bonds is 6. The average Bonchev–Trinajstić information content (AvgIpc) is 2.19. The molecule has 0 aliphatic rings. The molecule has 0 aromatic carbocycles. The van der Waals surface area contributed by atoms with Crippen LogP contribution in [0.3, 0.4) is 0 Å². The lowest BCUT2D eigenvalue weighted by Crippen LogP contribution is -2.41. The predicted octanol–water partition coefficient (Wildman–Crippen LogP) is 1.92. The molecule has 0 aromatic rings. The van der Waals surface area contributed by atoms with Crippen LogP contribution in [0.2, 0.25) is 0 Å². The van der Waals surface area contributed by atoms with Gasteiger partial charge in [-0.3, -0.25) is 9.36 Å². The first-order valence-corrected chi connectivity index (χ1v) is 7.16. The largest absolute Gasteiger partial charge is 0.466 e. The van der Waals surface area contributed by atoms with Crippen molar-refractivity contribution in [3.63, 3.8) is 0 Å². The van der Waals surface area contributed by atoms with E-state index in [1.165, 1.54) is 6.92 Å². The molecular formula is C10H21O5P. The van der Waals surface area contributed by atoms with Gasteiger partial charge in [0.2, 0.25) is 0 Å². The van der Waals surface area contributed by atoms with Crippen LogP contribution in [0, 0.1) is 5.41 Å². The van der Waals surface area contributed by atoms with E-state index in [4.69, 9.17) is 4.74 Å². The van der Waals surface area contributed by atoms with Crippen molar-refractivity contribution in [1.82, 2.24) is 0 Å². The Morgan fingerprint density at radius 1 is 1.31 bits per heavy atom. The van der Waals surface area contributed by atoms with Crippen molar-refractivity contribution < 1.29 is 23.9 Å². The second kappa shape index (κ2) is 5.80. The molecule has 16 heavy (non-hydrogen) atoms. The second-order valence-corrected chi connectivity index (χ2v) is 5.80. The van der Waals surface area contributed by atoms with Gasteiger partial charge in [-0.05, 0) is 26.7 Å². The minimum Gasteiger partial charge on any atom is -0.466 e. The highest BCUT2D eigenvalue weighted by Gasteiger charge is 2.49. The fourth-order valence-electron chi connectivity index (χ4n) is 1.90. The van der Waals surface area contributed by atoms with Crippen LogP contribution in [0.1, 0.15) is 40.5 Å². The molecule has 0 aliphatic heterocycles. The van der Waals surface area contributed by atoms with Gasteiger partial charge >= 0.3 is 13.6 Å². The third-order valence-electron chi connectivity index (χ3n) is 3.25. The smallest absolute Gasteiger partial charge is 0.329 e. The highest BCUT2D eigenvalue weighted by atomic mass is 31.2. The zero-order chi connectivity index (χ0) is 13.0. The van der Waals surface area contributed by atoms with Gasteiger partial charge in [0.05, 0.1) is 17.7 Å². The minimum absolute atomic E-state index is 0.217. The van der Waals surface area contributed by atoms with Crippen LogP contribution in [0.25, 0.3) is 0 Å². The van der Waals surface area contributed by atoms with Crippen LogP contribution >= 0.6 is 7.60 Å². The summed E-state index contributed by atoms with van der Waals surface area (Å²) in [5, 5.41) is 0. The van der Waals surface area contributed by atoms with Crippen molar-refractivity contribution in [2.45, 2.75) is 46.2 Å². The molecule has 0 heterocycles. The average molecular weight is 252 g/mol. The Morgan fingerprint density at radius 3 is 2.00 bits per heavy atom. The quantitative estimate of drug-likeness (QED) is 0.557. The summed E-state index contributed by atoms with van der Waals surface area (Å²) in [6, 6.07) is 0. The van der Waals surface area contributed by atoms with Crippen LogP contribution in [0.15, 0.2) is 0 Å². The molecule has 96 valence electrons. The van der Waals surface area contributed by atoms with E-state index in [-0.39, 0.29) is 6.61 Å². The summed E-state index contributed by atoms with van der Waals surface area (Å²) in [6.45, 7) is 6.79. The van der Waals surface area contributed by atoms with E-state index in [1.807, 2.05) is 0 Å². The normalized spacial score (nSPS) is 14.6. The third kappa shape index (κ3) is 3.06. The van der Waals surface area contributed by atoms with Crippen molar-refractivity contribution in [2.75, 3.05) is 6.61 Å². The minimum atomic E-state index is -4.29. The molecular weight excluding hydrogens is 231 g/mol. The summed E-state index contributed by atoms with van der Waals surface area (Å²) < 4.78 is 16.2. The van der Waals surface area contributed by atoms with Gasteiger partial charge in [0, 0.05) is 0 Å². The molecule has 0 spiro atoms. The maximum absolute atomic E-state index is 11.8. The molecule has 0 aliphatic carbocycles. The zero-order valence-electron chi connectivity index (χ0n) is 10.3. The molecule has 0 rings (SSSR count). The molecule has 0 fully saturated rings. The Labute approximate surface area is 96.4 Å². The van der Waals surface area contributed by atoms with Crippen LogP contribution in [0.5, 0.6) is 0 Å². The SMILES string of the molecule is CCOC(=O)C(CC)(CC)C(C)P(=O)(O)O. The first kappa shape index (κ1) is 15.6. The molecule has 0 saturated heterocycles. The topological polar surface area (TPSA) is 83.8 Å². The van der Waals surface area contributed by atoms with Gasteiger partial charge in [0.1, 0.15) is 0 Å². The van der Waals surface area contributed by atoms with Crippen LogP contribution in [0.4, 0.5) is 0 Å². The Bertz CT molecular complexity index is 279. The summed E-state index contributed by atoms with van der Waals surface area (Å²) >= 11 is 0. The molecule has 5 nitrogen and oxygen atoms in total. The zero-order valence-corrected chi connectivity index (χ0v) is 11.2. The van der Waals surface area contributed by atoms with Crippen LogP contribution in [-0.4, -0.2) is 28.0 Å². The van der Waals surface area contributed by atoms with Crippen LogP contribution in [-0.2, 0) is 14.1 Å². The molecule has 0 aromatic heterocycles. The number of hydrogen-bond acceptors (Lipinski definition) is 3. The number of ether oxygens (including phenoxy) is 1. The summed E-state index contributed by atoms with van der Waals surface area (Å²) in [7, 11) is -4.29. The molecule has 0 radical (unpaired) electrons. The van der Waals surface area contributed by atoms with E-state index in [0.29, 0.717) is 12.8 Å². The lowest BCUT2D eigenvalue weighted by molar-refractivity contribution is -0.156. The van der Waals surface area contributed by atoms with E-state index < -0.39 is 24.6 Å². The molecule has 0 amide bonds. The molecule has 1 atom stereocenters. The lowest BCUT2D eigenvalue weighted by atomic mass is 9.79. The monoisotopic (exact) mass is 252 g/mol. The maximum atomic E-state index is 11.8. The highest BCUT2D eigenvalue weighted by molar-refractivity contribution is 7.52. The van der Waals surface area contributed by atoms with Crippen LogP contribution < -0.4 is 0 Å². The number of esters is 1. The second-order valence-electron chi connectivity index (χ2n) is 3.85. The van der Waals surface area contributed by atoms with Gasteiger partial charge in [-0.1, -0.05) is 13.8 Å². The maximum Gasteiger partial charge on any atom is 0.329 e. The van der Waals surface area contributed by atoms with E-state index in [1.54, 1.807) is 20.8 Å². The molecule has 6 heteroatoms. The number of carbonyl (C=O) groups excluding carboxylic acids is 1. The van der Waals surface area contributed by atoms with Gasteiger partial charge in [-0.15, -0.1) is 0 Å². The summed E-state index contributed by atoms with van der Waals surface area (Å²) in [5.74, 6) is -0.518. The van der Waals surface area contributed by atoms with Crippen molar-refractivity contribution in [3.05, 3.63) is 0 Å². The Morgan fingerprint density at radius 2 is 1.75 bits per heavy atom. The standard InChI is InChI=1S/C10H21O5P/c1-5-10(6-2,9(11)15-7-3)8(4)16(12,13)14/h8H,5-7H2,1-4H3,(H2,12,13,14). The molecule has 1 unspecified atom stereocenters. The summed E-state index contributed by atoms with van der Waals surface area (Å²) in [5.41, 5.74) is -2.11. The Hall–Kier alpha value is -0.380. The van der Waals surface area contributed by atoms with Gasteiger partial charge < -0.3 is 14.5 Å². The fraction of sp³-hybridized carbons (Fsp3) is 0.900. The van der Waals surface area contributed by atoms with E-state index in [9.17, 15) is 19.1 Å². The Balaban J connectivity index is 5.25. The van der Waals surface area contributed by atoms with E-state index >= 15 is 0 Å². The Kier molecular flexibility index (Phi) is 5.66. The first-order chi connectivity index (χ1) is 7.26. The first-order valence-electron chi connectivity index (χ1n) is 5.48. The van der Waals surface area contributed by atoms with Crippen molar-refractivity contribution in [1.29, 1.82) is 0 Å².